The summed E-state index contributed by atoms with van der Waals surface area (Å²) in [6.45, 7) is 2.20. The van der Waals surface area contributed by atoms with E-state index in [4.69, 9.17) is 0 Å². The Morgan fingerprint density at radius 1 is 1.07 bits per heavy atom. The maximum Gasteiger partial charge on any atom is 0.242 e. The molecule has 6 heteroatoms. The van der Waals surface area contributed by atoms with Gasteiger partial charge >= 0.3 is 0 Å². The van der Waals surface area contributed by atoms with Gasteiger partial charge in [0.2, 0.25) is 11.8 Å². The van der Waals surface area contributed by atoms with E-state index < -0.39 is 6.04 Å². The lowest BCUT2D eigenvalue weighted by atomic mass is 10.1. The first-order chi connectivity index (χ1) is 14.5. The van der Waals surface area contributed by atoms with E-state index in [0.29, 0.717) is 12.3 Å². The predicted molar refractivity (Wildman–Crippen MR) is 119 cm³/mol. The van der Waals surface area contributed by atoms with Gasteiger partial charge in [0.15, 0.2) is 0 Å². The molecule has 0 radical (unpaired) electrons. The van der Waals surface area contributed by atoms with Crippen molar-refractivity contribution in [3.63, 3.8) is 0 Å². The molecule has 2 amide bonds. The van der Waals surface area contributed by atoms with Crippen molar-refractivity contribution in [3.8, 4) is 0 Å². The first kappa shape index (κ1) is 22.3. The third kappa shape index (κ3) is 6.59. The van der Waals surface area contributed by atoms with Crippen molar-refractivity contribution in [2.24, 2.45) is 0 Å². The number of rotatable bonds is 9. The van der Waals surface area contributed by atoms with Crippen molar-refractivity contribution >= 4 is 23.6 Å². The Kier molecular flexibility index (Phi) is 8.31. The van der Waals surface area contributed by atoms with Crippen molar-refractivity contribution < 1.29 is 14.0 Å². The lowest BCUT2D eigenvalue weighted by Crippen LogP contribution is -2.50. The average Bonchev–Trinajstić information content (AvgIpc) is 3.26. The van der Waals surface area contributed by atoms with Crippen molar-refractivity contribution in [2.45, 2.75) is 57.0 Å². The summed E-state index contributed by atoms with van der Waals surface area (Å²) < 4.78 is 13.1. The van der Waals surface area contributed by atoms with Gasteiger partial charge in [-0.1, -0.05) is 55.3 Å². The van der Waals surface area contributed by atoms with Crippen LogP contribution in [0.5, 0.6) is 0 Å². The van der Waals surface area contributed by atoms with E-state index in [1.807, 2.05) is 30.3 Å². The molecule has 0 unspecified atom stereocenters. The Morgan fingerprint density at radius 3 is 2.40 bits per heavy atom. The van der Waals surface area contributed by atoms with Gasteiger partial charge < -0.3 is 10.2 Å². The fourth-order valence-corrected chi connectivity index (χ4v) is 4.55. The largest absolute Gasteiger partial charge is 0.352 e. The number of benzene rings is 2. The van der Waals surface area contributed by atoms with Crippen molar-refractivity contribution in [2.75, 3.05) is 5.75 Å². The molecule has 4 nitrogen and oxygen atoms in total. The minimum atomic E-state index is -0.537. The van der Waals surface area contributed by atoms with Crippen molar-refractivity contribution in [1.82, 2.24) is 10.2 Å². The van der Waals surface area contributed by atoms with Crippen LogP contribution in [0, 0.1) is 5.82 Å². The standard InChI is InChI=1S/C24H29FN2O2S/c1-18(24(29)26-22-9-5-6-10-22)27(15-19-7-3-2-4-8-19)23(28)17-30-16-20-11-13-21(25)14-12-20/h2-4,7-8,11-14,18,22H,5-6,9-10,15-17H2,1H3,(H,26,29)/t18-/m1/s1. The molecule has 1 aliphatic rings. The van der Waals surface area contributed by atoms with Crippen LogP contribution < -0.4 is 5.32 Å². The van der Waals surface area contributed by atoms with Crippen molar-refractivity contribution in [1.29, 1.82) is 0 Å². The molecule has 160 valence electrons. The molecule has 1 N–H and O–H groups in total. The zero-order valence-corrected chi connectivity index (χ0v) is 18.2. The fourth-order valence-electron chi connectivity index (χ4n) is 3.67. The Hall–Kier alpha value is -2.34. The average molecular weight is 429 g/mol. The molecule has 30 heavy (non-hydrogen) atoms. The van der Waals surface area contributed by atoms with Gasteiger partial charge in [-0.2, -0.15) is 0 Å². The molecule has 0 aliphatic heterocycles. The predicted octanol–water partition coefficient (Wildman–Crippen LogP) is 4.54. The summed E-state index contributed by atoms with van der Waals surface area (Å²) in [6, 6.07) is 15.7. The third-order valence-corrected chi connectivity index (χ3v) is 6.46. The van der Waals surface area contributed by atoms with E-state index in [1.165, 1.54) is 23.9 Å². The first-order valence-electron chi connectivity index (χ1n) is 10.5. The van der Waals surface area contributed by atoms with Gasteiger partial charge in [-0.05, 0) is 43.0 Å². The van der Waals surface area contributed by atoms with Gasteiger partial charge in [0.1, 0.15) is 11.9 Å². The Morgan fingerprint density at radius 2 is 1.73 bits per heavy atom. The molecule has 0 bridgehead atoms. The van der Waals surface area contributed by atoms with E-state index >= 15 is 0 Å². The number of hydrogen-bond donors (Lipinski definition) is 1. The minimum absolute atomic E-state index is 0.0694. The summed E-state index contributed by atoms with van der Waals surface area (Å²) in [5.41, 5.74) is 1.96. The monoisotopic (exact) mass is 428 g/mol. The first-order valence-corrected chi connectivity index (χ1v) is 11.6. The maximum absolute atomic E-state index is 13.1. The van der Waals surface area contributed by atoms with Crippen LogP contribution in [0.2, 0.25) is 0 Å². The van der Waals surface area contributed by atoms with Crippen LogP contribution in [0.4, 0.5) is 4.39 Å². The van der Waals surface area contributed by atoms with Crippen LogP contribution >= 0.6 is 11.8 Å². The molecule has 2 aromatic rings. The highest BCUT2D eigenvalue weighted by molar-refractivity contribution is 7.99. The fraction of sp³-hybridized carbons (Fsp3) is 0.417. The van der Waals surface area contributed by atoms with Gasteiger partial charge in [-0.25, -0.2) is 4.39 Å². The summed E-state index contributed by atoms with van der Waals surface area (Å²) in [5, 5.41) is 3.11. The van der Waals surface area contributed by atoms with Crippen LogP contribution in [-0.4, -0.2) is 34.6 Å². The van der Waals surface area contributed by atoms with Gasteiger partial charge in [0.25, 0.3) is 0 Å². The highest BCUT2D eigenvalue weighted by Gasteiger charge is 2.28. The molecular weight excluding hydrogens is 399 g/mol. The highest BCUT2D eigenvalue weighted by atomic mass is 32.2. The van der Waals surface area contributed by atoms with E-state index in [-0.39, 0.29) is 29.4 Å². The van der Waals surface area contributed by atoms with Gasteiger partial charge in [0, 0.05) is 18.3 Å². The number of halogens is 1. The number of carbonyl (C=O) groups is 2. The normalized spacial score (nSPS) is 15.0. The van der Waals surface area contributed by atoms with Gasteiger partial charge in [-0.15, -0.1) is 11.8 Å². The number of amides is 2. The molecule has 1 saturated carbocycles. The van der Waals surface area contributed by atoms with E-state index in [2.05, 4.69) is 5.32 Å². The highest BCUT2D eigenvalue weighted by Crippen LogP contribution is 2.19. The van der Waals surface area contributed by atoms with E-state index in [0.717, 1.165) is 36.8 Å². The van der Waals surface area contributed by atoms with Crippen LogP contribution in [0.1, 0.15) is 43.7 Å². The van der Waals surface area contributed by atoms with E-state index in [1.54, 1.807) is 24.0 Å². The molecule has 1 atom stereocenters. The Bertz CT molecular complexity index is 823. The topological polar surface area (TPSA) is 49.4 Å². The number of carbonyl (C=O) groups excluding carboxylic acids is 2. The third-order valence-electron chi connectivity index (χ3n) is 5.47. The van der Waals surface area contributed by atoms with Crippen LogP contribution in [0.3, 0.4) is 0 Å². The number of nitrogens with zero attached hydrogens (tertiary/aromatic N) is 1. The summed E-state index contributed by atoms with van der Waals surface area (Å²) in [4.78, 5) is 27.5. The minimum Gasteiger partial charge on any atom is -0.352 e. The van der Waals surface area contributed by atoms with Gasteiger partial charge in [0.05, 0.1) is 5.75 Å². The molecule has 1 aliphatic carbocycles. The van der Waals surface area contributed by atoms with Gasteiger partial charge in [-0.3, -0.25) is 9.59 Å². The molecule has 0 spiro atoms. The van der Waals surface area contributed by atoms with Crippen LogP contribution in [0.25, 0.3) is 0 Å². The van der Waals surface area contributed by atoms with Crippen molar-refractivity contribution in [3.05, 3.63) is 71.5 Å². The molecule has 3 rings (SSSR count). The van der Waals surface area contributed by atoms with E-state index in [9.17, 15) is 14.0 Å². The number of thioether (sulfide) groups is 1. The second kappa shape index (κ2) is 11.2. The molecule has 1 fully saturated rings. The molecule has 0 heterocycles. The Balaban J connectivity index is 1.62. The summed E-state index contributed by atoms with van der Waals surface area (Å²) in [7, 11) is 0. The molecular formula is C24H29FN2O2S. The molecule has 0 aromatic heterocycles. The quantitative estimate of drug-likeness (QED) is 0.638. The zero-order valence-electron chi connectivity index (χ0n) is 17.4. The zero-order chi connectivity index (χ0) is 21.3. The summed E-state index contributed by atoms with van der Waals surface area (Å²) >= 11 is 1.48. The summed E-state index contributed by atoms with van der Waals surface area (Å²) in [5.74, 6) is 0.463. The Labute approximate surface area is 182 Å². The number of nitrogens with one attached hydrogen (secondary N) is 1. The second-order valence-corrected chi connectivity index (χ2v) is 8.78. The smallest absolute Gasteiger partial charge is 0.242 e. The molecule has 2 aromatic carbocycles. The number of hydrogen-bond acceptors (Lipinski definition) is 3. The van der Waals surface area contributed by atoms with Crippen LogP contribution in [-0.2, 0) is 21.9 Å². The SMILES string of the molecule is C[C@H](C(=O)NC1CCCC1)N(Cc1ccccc1)C(=O)CSCc1ccc(F)cc1. The maximum atomic E-state index is 13.1. The van der Waals surface area contributed by atoms with Crippen LogP contribution in [0.15, 0.2) is 54.6 Å². The summed E-state index contributed by atoms with van der Waals surface area (Å²) in [6.07, 6.45) is 4.31. The molecule has 0 saturated heterocycles. The lowest BCUT2D eigenvalue weighted by molar-refractivity contribution is -0.138. The second-order valence-electron chi connectivity index (χ2n) is 7.79. The lowest BCUT2D eigenvalue weighted by Gasteiger charge is -2.29.